The number of amides is 2. The molecule has 1 aliphatic heterocycles. The third kappa shape index (κ3) is 7.51. The van der Waals surface area contributed by atoms with E-state index in [0.717, 1.165) is 45.5 Å². The van der Waals surface area contributed by atoms with Crippen molar-refractivity contribution >= 4 is 6.03 Å². The van der Waals surface area contributed by atoms with Crippen molar-refractivity contribution in [1.29, 1.82) is 0 Å². The van der Waals surface area contributed by atoms with Crippen LogP contribution in [0.4, 0.5) is 4.79 Å². The van der Waals surface area contributed by atoms with Crippen molar-refractivity contribution in [3.8, 4) is 0 Å². The van der Waals surface area contributed by atoms with Crippen LogP contribution in [0, 0.1) is 0 Å². The van der Waals surface area contributed by atoms with Gasteiger partial charge in [0, 0.05) is 38.8 Å². The average molecular weight is 374 g/mol. The average Bonchev–Trinajstić information content (AvgIpc) is 2.71. The molecule has 1 saturated heterocycles. The summed E-state index contributed by atoms with van der Waals surface area (Å²) in [6.07, 6.45) is 9.75. The molecule has 1 aliphatic carbocycles. The lowest BCUT2D eigenvalue weighted by atomic mass is 9.98. The molecular weight excluding hydrogens is 338 g/mol. The second kappa shape index (κ2) is 11.3. The molecule has 27 heavy (non-hydrogen) atoms. The van der Waals surface area contributed by atoms with Crippen LogP contribution in [0.25, 0.3) is 0 Å². The summed E-state index contributed by atoms with van der Waals surface area (Å²) >= 11 is 0. The van der Waals surface area contributed by atoms with E-state index < -0.39 is 0 Å². The number of rotatable bonds is 8. The summed E-state index contributed by atoms with van der Waals surface area (Å²) in [5.74, 6) is 0. The number of carbonyl (C=O) groups is 1. The molecule has 5 heteroatoms. The van der Waals surface area contributed by atoms with Crippen LogP contribution >= 0.6 is 0 Å². The molecule has 0 unspecified atom stereocenters. The first-order valence-electron chi connectivity index (χ1n) is 10.7. The van der Waals surface area contributed by atoms with Crippen LogP contribution in [0.2, 0.25) is 0 Å². The van der Waals surface area contributed by atoms with Gasteiger partial charge in [0.2, 0.25) is 0 Å². The Morgan fingerprint density at radius 2 is 1.78 bits per heavy atom. The third-order valence-electron chi connectivity index (χ3n) is 5.68. The highest BCUT2D eigenvalue weighted by Crippen LogP contribution is 2.20. The minimum Gasteiger partial charge on any atom is -0.378 e. The summed E-state index contributed by atoms with van der Waals surface area (Å²) in [6, 6.07) is 10.8. The fraction of sp³-hybridized carbons (Fsp3) is 0.682. The van der Waals surface area contributed by atoms with E-state index in [2.05, 4.69) is 45.9 Å². The second-order valence-corrected chi connectivity index (χ2v) is 7.92. The van der Waals surface area contributed by atoms with Gasteiger partial charge in [-0.05, 0) is 37.7 Å². The molecule has 2 aliphatic rings. The number of hydrogen-bond acceptors (Lipinski definition) is 3. The van der Waals surface area contributed by atoms with Crippen LogP contribution in [-0.2, 0) is 11.3 Å². The Bertz CT molecular complexity index is 538. The van der Waals surface area contributed by atoms with Crippen molar-refractivity contribution in [2.75, 3.05) is 26.2 Å². The number of hydrogen-bond donors (Lipinski definition) is 2. The molecule has 2 fully saturated rings. The van der Waals surface area contributed by atoms with Gasteiger partial charge < -0.3 is 15.4 Å². The van der Waals surface area contributed by atoms with E-state index >= 15 is 0 Å². The van der Waals surface area contributed by atoms with E-state index in [1.165, 1.54) is 37.7 Å². The van der Waals surface area contributed by atoms with Crippen LogP contribution < -0.4 is 10.6 Å². The first kappa shape index (κ1) is 20.2. The van der Waals surface area contributed by atoms with Crippen molar-refractivity contribution in [2.24, 2.45) is 0 Å². The number of likely N-dealkylation sites (tertiary alicyclic amines) is 1. The first-order chi connectivity index (χ1) is 13.3. The largest absolute Gasteiger partial charge is 0.378 e. The number of ether oxygens (including phenoxy) is 1. The molecule has 0 spiro atoms. The quantitative estimate of drug-likeness (QED) is 0.683. The lowest BCUT2D eigenvalue weighted by Gasteiger charge is -2.32. The zero-order valence-electron chi connectivity index (χ0n) is 16.5. The number of urea groups is 1. The molecule has 0 radical (unpaired) electrons. The van der Waals surface area contributed by atoms with Gasteiger partial charge in [-0.15, -0.1) is 0 Å². The predicted octanol–water partition coefficient (Wildman–Crippen LogP) is 3.69. The Balaban J connectivity index is 1.22. The molecule has 150 valence electrons. The normalized spacial score (nSPS) is 19.7. The van der Waals surface area contributed by atoms with E-state index in [1.54, 1.807) is 0 Å². The smallest absolute Gasteiger partial charge is 0.315 e. The maximum absolute atomic E-state index is 12.1. The van der Waals surface area contributed by atoms with Gasteiger partial charge in [0.1, 0.15) is 0 Å². The van der Waals surface area contributed by atoms with Gasteiger partial charge in [-0.1, -0.05) is 49.6 Å². The maximum Gasteiger partial charge on any atom is 0.315 e. The molecule has 2 amide bonds. The summed E-state index contributed by atoms with van der Waals surface area (Å²) in [4.78, 5) is 14.5. The fourth-order valence-electron chi connectivity index (χ4n) is 4.07. The molecule has 2 N–H and O–H groups in total. The van der Waals surface area contributed by atoms with E-state index in [4.69, 9.17) is 4.74 Å². The summed E-state index contributed by atoms with van der Waals surface area (Å²) in [6.45, 7) is 4.51. The minimum atomic E-state index is -0.0332. The SMILES string of the molecule is O=C(NCCCOC1CCCCC1)NC1CCN(Cc2ccccc2)CC1. The maximum atomic E-state index is 12.1. The minimum absolute atomic E-state index is 0.0332. The summed E-state index contributed by atoms with van der Waals surface area (Å²) < 4.78 is 5.90. The number of piperidine rings is 1. The van der Waals surface area contributed by atoms with Gasteiger partial charge in [0.25, 0.3) is 0 Å². The summed E-state index contributed by atoms with van der Waals surface area (Å²) in [5.41, 5.74) is 1.36. The molecule has 0 bridgehead atoms. The molecule has 0 atom stereocenters. The highest BCUT2D eigenvalue weighted by molar-refractivity contribution is 5.74. The van der Waals surface area contributed by atoms with Gasteiger partial charge in [-0.2, -0.15) is 0 Å². The molecule has 3 rings (SSSR count). The zero-order valence-corrected chi connectivity index (χ0v) is 16.5. The van der Waals surface area contributed by atoms with Crippen LogP contribution in [0.1, 0.15) is 56.9 Å². The Kier molecular flexibility index (Phi) is 8.43. The van der Waals surface area contributed by atoms with Gasteiger partial charge in [0.05, 0.1) is 6.10 Å². The van der Waals surface area contributed by atoms with Crippen LogP contribution in [0.5, 0.6) is 0 Å². The predicted molar refractivity (Wildman–Crippen MR) is 109 cm³/mol. The highest BCUT2D eigenvalue weighted by atomic mass is 16.5. The highest BCUT2D eigenvalue weighted by Gasteiger charge is 2.20. The van der Waals surface area contributed by atoms with E-state index in [1.807, 2.05) is 0 Å². The van der Waals surface area contributed by atoms with Gasteiger partial charge >= 0.3 is 6.03 Å². The van der Waals surface area contributed by atoms with E-state index in [0.29, 0.717) is 12.6 Å². The Morgan fingerprint density at radius 3 is 2.52 bits per heavy atom. The van der Waals surface area contributed by atoms with Gasteiger partial charge in [0.15, 0.2) is 0 Å². The van der Waals surface area contributed by atoms with E-state index in [-0.39, 0.29) is 12.1 Å². The number of benzene rings is 1. The molecule has 1 aromatic carbocycles. The summed E-state index contributed by atoms with van der Waals surface area (Å²) in [5, 5.41) is 6.10. The summed E-state index contributed by atoms with van der Waals surface area (Å²) in [7, 11) is 0. The Hall–Kier alpha value is -1.59. The second-order valence-electron chi connectivity index (χ2n) is 7.92. The molecular formula is C22H35N3O2. The number of nitrogens with zero attached hydrogens (tertiary/aromatic N) is 1. The molecule has 1 saturated carbocycles. The fourth-order valence-corrected chi connectivity index (χ4v) is 4.07. The third-order valence-corrected chi connectivity index (χ3v) is 5.68. The van der Waals surface area contributed by atoms with E-state index in [9.17, 15) is 4.79 Å². The van der Waals surface area contributed by atoms with Gasteiger partial charge in [-0.25, -0.2) is 4.79 Å². The van der Waals surface area contributed by atoms with Crippen molar-refractivity contribution in [1.82, 2.24) is 15.5 Å². The lowest BCUT2D eigenvalue weighted by molar-refractivity contribution is 0.0275. The van der Waals surface area contributed by atoms with Crippen LogP contribution in [0.3, 0.4) is 0 Å². The first-order valence-corrected chi connectivity index (χ1v) is 10.7. The zero-order chi connectivity index (χ0) is 18.7. The van der Waals surface area contributed by atoms with Crippen molar-refractivity contribution in [2.45, 2.75) is 70.1 Å². The monoisotopic (exact) mass is 373 g/mol. The Labute approximate surface area is 163 Å². The number of carbonyl (C=O) groups excluding carboxylic acids is 1. The van der Waals surface area contributed by atoms with Crippen molar-refractivity contribution in [3.63, 3.8) is 0 Å². The topological polar surface area (TPSA) is 53.6 Å². The van der Waals surface area contributed by atoms with Crippen LogP contribution in [0.15, 0.2) is 30.3 Å². The lowest BCUT2D eigenvalue weighted by Crippen LogP contribution is -2.47. The Morgan fingerprint density at radius 1 is 1.04 bits per heavy atom. The van der Waals surface area contributed by atoms with Crippen molar-refractivity contribution in [3.05, 3.63) is 35.9 Å². The molecule has 1 heterocycles. The number of nitrogens with one attached hydrogen (secondary N) is 2. The van der Waals surface area contributed by atoms with Crippen molar-refractivity contribution < 1.29 is 9.53 Å². The van der Waals surface area contributed by atoms with Crippen LogP contribution in [-0.4, -0.2) is 49.3 Å². The molecule has 1 aromatic rings. The molecule has 5 nitrogen and oxygen atoms in total. The standard InChI is InChI=1S/C22H35N3O2/c26-22(23-14-7-17-27-21-10-5-2-6-11-21)24-20-12-15-25(16-13-20)18-19-8-3-1-4-9-19/h1,3-4,8-9,20-21H,2,5-7,10-18H2,(H2,23,24,26). The molecule has 0 aromatic heterocycles. The van der Waals surface area contributed by atoms with Gasteiger partial charge in [-0.3, -0.25) is 4.90 Å².